The summed E-state index contributed by atoms with van der Waals surface area (Å²) < 4.78 is 0. The summed E-state index contributed by atoms with van der Waals surface area (Å²) in [5.74, 6) is 2.82. The van der Waals surface area contributed by atoms with Crippen LogP contribution in [-0.4, -0.2) is 93.7 Å². The van der Waals surface area contributed by atoms with Gasteiger partial charge in [-0.25, -0.2) is 9.97 Å². The van der Waals surface area contributed by atoms with Gasteiger partial charge in [0, 0.05) is 20.1 Å². The van der Waals surface area contributed by atoms with E-state index in [0.717, 1.165) is 103 Å². The topological polar surface area (TPSA) is 109 Å². The van der Waals surface area contributed by atoms with Crippen LogP contribution < -0.4 is 5.32 Å². The molecule has 0 spiro atoms. The van der Waals surface area contributed by atoms with Crippen molar-refractivity contribution in [1.29, 1.82) is 0 Å². The molecule has 2 aromatic carbocycles. The number of rotatable bonds is 8. The van der Waals surface area contributed by atoms with Gasteiger partial charge in [-0.3, -0.25) is 9.79 Å². The zero-order valence-corrected chi connectivity index (χ0v) is 26.9. The Labute approximate surface area is 272 Å². The SMILES string of the molecule is [B]N1CCC[C@H]1c1ncc(-c2ccc(-c3ccc(-c4cnc([C@@H]5CCCN5C(=O)[C@@H](NC5=NCCN5C)C(C)C)[nH]4)cc3)cc2)[nH]1. The molecule has 0 bridgehead atoms. The summed E-state index contributed by atoms with van der Waals surface area (Å²) in [4.78, 5) is 40.7. The zero-order chi connectivity index (χ0) is 31.8. The third-order valence-electron chi connectivity index (χ3n) is 9.65. The number of benzene rings is 2. The minimum absolute atomic E-state index is 0.0660. The molecule has 0 aliphatic carbocycles. The zero-order valence-electron chi connectivity index (χ0n) is 26.9. The summed E-state index contributed by atoms with van der Waals surface area (Å²) in [5.41, 5.74) is 6.39. The highest BCUT2D eigenvalue weighted by Crippen LogP contribution is 2.34. The summed E-state index contributed by atoms with van der Waals surface area (Å²) in [5, 5.41) is 3.43. The Kier molecular flexibility index (Phi) is 8.42. The van der Waals surface area contributed by atoms with Crippen LogP contribution in [0.5, 0.6) is 0 Å². The lowest BCUT2D eigenvalue weighted by molar-refractivity contribution is -0.135. The van der Waals surface area contributed by atoms with Crippen molar-refractivity contribution in [2.75, 3.05) is 33.2 Å². The Balaban J connectivity index is 1.02. The van der Waals surface area contributed by atoms with Crippen LogP contribution in [0.2, 0.25) is 0 Å². The maximum Gasteiger partial charge on any atom is 0.246 e. The number of aliphatic imine (C=N–C) groups is 1. The molecule has 2 saturated heterocycles. The number of nitrogens with one attached hydrogen (secondary N) is 3. The van der Waals surface area contributed by atoms with E-state index in [1.807, 2.05) is 29.2 Å². The van der Waals surface area contributed by atoms with E-state index in [1.54, 1.807) is 0 Å². The minimum Gasteiger partial charge on any atom is -0.345 e. The largest absolute Gasteiger partial charge is 0.345 e. The summed E-state index contributed by atoms with van der Waals surface area (Å²) >= 11 is 0. The summed E-state index contributed by atoms with van der Waals surface area (Å²) in [6, 6.07) is 16.8. The van der Waals surface area contributed by atoms with Gasteiger partial charge in [0.15, 0.2) is 13.9 Å². The molecule has 2 fully saturated rings. The molecule has 11 heteroatoms. The first-order valence-corrected chi connectivity index (χ1v) is 16.5. The van der Waals surface area contributed by atoms with Crippen molar-refractivity contribution < 1.29 is 4.79 Å². The number of aromatic nitrogens is 4. The number of likely N-dealkylation sites (N-methyl/N-ethyl adjacent to an activating group) is 1. The van der Waals surface area contributed by atoms with Gasteiger partial charge < -0.3 is 29.9 Å². The molecule has 0 saturated carbocycles. The molecule has 3 atom stereocenters. The van der Waals surface area contributed by atoms with Gasteiger partial charge in [-0.15, -0.1) is 0 Å². The second-order valence-corrected chi connectivity index (χ2v) is 13.1. The van der Waals surface area contributed by atoms with Gasteiger partial charge in [0.1, 0.15) is 17.7 Å². The first-order chi connectivity index (χ1) is 22.4. The van der Waals surface area contributed by atoms with Crippen LogP contribution in [0.4, 0.5) is 0 Å². The molecular weight excluding hydrogens is 573 g/mol. The smallest absolute Gasteiger partial charge is 0.246 e. The second-order valence-electron chi connectivity index (χ2n) is 13.1. The van der Waals surface area contributed by atoms with E-state index < -0.39 is 0 Å². The Morgan fingerprint density at radius 3 is 1.89 bits per heavy atom. The van der Waals surface area contributed by atoms with E-state index in [4.69, 9.17) is 13.0 Å². The Morgan fingerprint density at radius 1 is 0.826 bits per heavy atom. The Morgan fingerprint density at radius 2 is 1.37 bits per heavy atom. The van der Waals surface area contributed by atoms with E-state index in [9.17, 15) is 4.79 Å². The van der Waals surface area contributed by atoms with Crippen LogP contribution >= 0.6 is 0 Å². The molecule has 46 heavy (non-hydrogen) atoms. The number of imidazole rings is 2. The lowest BCUT2D eigenvalue weighted by Gasteiger charge is -2.31. The van der Waals surface area contributed by atoms with Crippen molar-refractivity contribution in [2.45, 2.75) is 57.7 Å². The molecule has 7 rings (SSSR count). The van der Waals surface area contributed by atoms with Crippen LogP contribution in [0.15, 0.2) is 65.9 Å². The lowest BCUT2D eigenvalue weighted by Crippen LogP contribution is -2.53. The van der Waals surface area contributed by atoms with Crippen molar-refractivity contribution >= 4 is 19.8 Å². The third-order valence-corrected chi connectivity index (χ3v) is 9.65. The number of carbonyl (C=O) groups excluding carboxylic acids is 1. The van der Waals surface area contributed by atoms with E-state index >= 15 is 0 Å². The second kappa shape index (κ2) is 12.8. The maximum absolute atomic E-state index is 13.8. The highest BCUT2D eigenvalue weighted by Gasteiger charge is 2.37. The van der Waals surface area contributed by atoms with Crippen LogP contribution in [0, 0.1) is 5.92 Å². The number of H-pyrrole nitrogens is 2. The average Bonchev–Trinajstić information content (AvgIpc) is 3.91. The number of amides is 1. The number of nitrogens with zero attached hydrogens (tertiary/aromatic N) is 6. The molecule has 3 aliphatic heterocycles. The fourth-order valence-electron chi connectivity index (χ4n) is 6.91. The molecule has 5 heterocycles. The third kappa shape index (κ3) is 5.96. The molecule has 10 nitrogen and oxygen atoms in total. The van der Waals surface area contributed by atoms with E-state index in [0.29, 0.717) is 0 Å². The quantitative estimate of drug-likeness (QED) is 0.243. The Hall–Kier alpha value is -4.38. The maximum atomic E-state index is 13.8. The Bertz CT molecular complexity index is 1690. The highest BCUT2D eigenvalue weighted by molar-refractivity contribution is 6.04. The molecule has 3 aliphatic rings. The summed E-state index contributed by atoms with van der Waals surface area (Å²) in [6.45, 7) is 7.43. The summed E-state index contributed by atoms with van der Waals surface area (Å²) in [7, 11) is 8.14. The van der Waals surface area contributed by atoms with Gasteiger partial charge >= 0.3 is 0 Å². The molecule has 2 aromatic heterocycles. The van der Waals surface area contributed by atoms with E-state index in [-0.39, 0.29) is 30.0 Å². The van der Waals surface area contributed by atoms with Crippen molar-refractivity contribution in [3.63, 3.8) is 0 Å². The predicted molar refractivity (Wildman–Crippen MR) is 182 cm³/mol. The van der Waals surface area contributed by atoms with Gasteiger partial charge in [-0.05, 0) is 60.4 Å². The number of carbonyl (C=O) groups is 1. The average molecular weight is 616 g/mol. The normalized spacial score (nSPS) is 20.9. The molecule has 1 amide bonds. The first-order valence-electron chi connectivity index (χ1n) is 16.5. The minimum atomic E-state index is -0.332. The highest BCUT2D eigenvalue weighted by atomic mass is 16.2. The van der Waals surface area contributed by atoms with Gasteiger partial charge in [0.05, 0.1) is 42.4 Å². The summed E-state index contributed by atoms with van der Waals surface area (Å²) in [6.07, 6.45) is 7.76. The van der Waals surface area contributed by atoms with Crippen LogP contribution in [0.25, 0.3) is 33.6 Å². The van der Waals surface area contributed by atoms with Gasteiger partial charge in [-0.1, -0.05) is 62.4 Å². The molecule has 0 unspecified atom stereocenters. The van der Waals surface area contributed by atoms with Gasteiger partial charge in [0.25, 0.3) is 0 Å². The van der Waals surface area contributed by atoms with E-state index in [1.165, 1.54) is 0 Å². The number of aromatic amines is 2. The first kappa shape index (κ1) is 30.3. The van der Waals surface area contributed by atoms with Gasteiger partial charge in [-0.2, -0.15) is 0 Å². The molecule has 2 radical (unpaired) electrons. The van der Waals surface area contributed by atoms with Crippen molar-refractivity contribution in [3.05, 3.63) is 72.6 Å². The van der Waals surface area contributed by atoms with Crippen LogP contribution in [0.1, 0.15) is 63.3 Å². The van der Waals surface area contributed by atoms with Crippen LogP contribution in [0.3, 0.4) is 0 Å². The number of hydrogen-bond donors (Lipinski definition) is 3. The molecule has 3 N–H and O–H groups in total. The lowest BCUT2D eigenvalue weighted by atomic mass is 10.0. The predicted octanol–water partition coefficient (Wildman–Crippen LogP) is 4.93. The standard InChI is InChI=1S/C35H42BN9O/c1-22(2)31(42-35-37-16-19-43(35)3)34(46)44-17-4-6-29(44)32-38-20-27(40-32)25-12-8-23(9-13-25)24-10-14-26(15-11-24)28-21-39-33(41-28)30-7-5-18-45(30)36/h8-15,20-22,29-31H,4-7,16-19H2,1-3H3,(H,37,42)(H,38,40)(H,39,41)/t29-,30-,31-/m0/s1. The number of likely N-dealkylation sites (tertiary alicyclic amines) is 1. The fraction of sp³-hybridized carbons (Fsp3) is 0.429. The number of hydrogen-bond acceptors (Lipinski definition) is 7. The van der Waals surface area contributed by atoms with E-state index in [2.05, 4.69) is 92.5 Å². The molecular formula is C35H42BN9O. The van der Waals surface area contributed by atoms with Crippen LogP contribution in [-0.2, 0) is 4.79 Å². The monoisotopic (exact) mass is 615 g/mol. The van der Waals surface area contributed by atoms with Crippen molar-refractivity contribution in [3.8, 4) is 33.6 Å². The fourth-order valence-corrected chi connectivity index (χ4v) is 6.91. The van der Waals surface area contributed by atoms with Gasteiger partial charge in [0.2, 0.25) is 5.91 Å². The molecule has 4 aromatic rings. The van der Waals surface area contributed by atoms with Crippen molar-refractivity contribution in [1.82, 2.24) is 39.9 Å². The number of guanidine groups is 1. The van der Waals surface area contributed by atoms with Crippen molar-refractivity contribution in [2.24, 2.45) is 10.9 Å². The molecule has 236 valence electrons.